The molecule has 9 nitrogen and oxygen atoms in total. The fraction of sp³-hybridized carbons (Fsp3) is 0.625. The van der Waals surface area contributed by atoms with Gasteiger partial charge in [0.2, 0.25) is 11.8 Å². The highest BCUT2D eigenvalue weighted by Crippen LogP contribution is 2.45. The van der Waals surface area contributed by atoms with Crippen molar-refractivity contribution in [1.29, 1.82) is 0 Å². The van der Waals surface area contributed by atoms with E-state index in [2.05, 4.69) is 17.2 Å². The number of nitrogens with zero attached hydrogens (tertiary/aromatic N) is 1. The molecule has 0 bridgehead atoms. The normalized spacial score (nSPS) is 31.8. The van der Waals surface area contributed by atoms with E-state index in [-0.39, 0.29) is 35.5 Å². The van der Waals surface area contributed by atoms with Crippen LogP contribution in [0.15, 0.2) is 41.4 Å². The lowest BCUT2D eigenvalue weighted by Gasteiger charge is -2.45. The molecule has 1 saturated heterocycles. The van der Waals surface area contributed by atoms with E-state index in [1.807, 2.05) is 31.2 Å². The molecule has 1 aromatic rings. The van der Waals surface area contributed by atoms with E-state index < -0.39 is 23.7 Å². The minimum atomic E-state index is -0.788. The van der Waals surface area contributed by atoms with E-state index >= 15 is 0 Å². The van der Waals surface area contributed by atoms with Gasteiger partial charge in [0.05, 0.1) is 25.9 Å². The Morgan fingerprint density at radius 2 is 1.80 bits per heavy atom. The van der Waals surface area contributed by atoms with Crippen LogP contribution in [0.4, 0.5) is 0 Å². The molecule has 0 aromatic heterocycles. The molecule has 9 heteroatoms. The lowest BCUT2D eigenvalue weighted by Crippen LogP contribution is -2.56. The van der Waals surface area contributed by atoms with Gasteiger partial charge in [0, 0.05) is 17.2 Å². The number of nitrogens with one attached hydrogen (secondary N) is 2. The zero-order valence-corrected chi connectivity index (χ0v) is 24.4. The molecule has 5 rings (SSSR count). The van der Waals surface area contributed by atoms with Crippen LogP contribution in [0, 0.1) is 17.8 Å². The van der Waals surface area contributed by atoms with Gasteiger partial charge in [-0.05, 0) is 94.7 Å². The third-order valence-electron chi connectivity index (χ3n) is 9.52. The second kappa shape index (κ2) is 12.1. The van der Waals surface area contributed by atoms with Gasteiger partial charge in [-0.1, -0.05) is 18.7 Å². The number of ketones is 1. The summed E-state index contributed by atoms with van der Waals surface area (Å²) in [6.45, 7) is 7.92. The molecule has 2 heterocycles. The SMILES string of the molecule is C=C(C(=O)NC(C)C(=O)NC(Cc1ccc(OC)cc1)C1=NC(C(=O)C2(C)CO2)CC2CCC12)C1CCC(O)CC1. The van der Waals surface area contributed by atoms with E-state index in [1.165, 1.54) is 0 Å². The first-order valence-corrected chi connectivity index (χ1v) is 14.9. The van der Waals surface area contributed by atoms with Gasteiger partial charge < -0.3 is 25.2 Å². The number of epoxide rings is 1. The van der Waals surface area contributed by atoms with Crippen molar-refractivity contribution in [2.24, 2.45) is 22.7 Å². The summed E-state index contributed by atoms with van der Waals surface area (Å²) < 4.78 is 10.8. The summed E-state index contributed by atoms with van der Waals surface area (Å²) in [7, 11) is 1.62. The van der Waals surface area contributed by atoms with E-state index in [0.29, 0.717) is 50.2 Å². The summed E-state index contributed by atoms with van der Waals surface area (Å²) >= 11 is 0. The molecule has 2 aliphatic carbocycles. The van der Waals surface area contributed by atoms with Gasteiger partial charge in [0.25, 0.3) is 0 Å². The van der Waals surface area contributed by atoms with Crippen LogP contribution in [0.2, 0.25) is 0 Å². The molecule has 2 amide bonds. The third-order valence-corrected chi connectivity index (χ3v) is 9.52. The number of aliphatic hydroxyl groups excluding tert-OH is 1. The molecule has 2 aliphatic heterocycles. The molecule has 41 heavy (non-hydrogen) atoms. The zero-order valence-electron chi connectivity index (χ0n) is 24.4. The minimum Gasteiger partial charge on any atom is -0.497 e. The molecule has 222 valence electrons. The monoisotopic (exact) mass is 565 g/mol. The van der Waals surface area contributed by atoms with Gasteiger partial charge >= 0.3 is 0 Å². The van der Waals surface area contributed by atoms with E-state index in [4.69, 9.17) is 14.5 Å². The smallest absolute Gasteiger partial charge is 0.247 e. The maximum Gasteiger partial charge on any atom is 0.247 e. The number of fused-ring (bicyclic) bond motifs is 1. The maximum absolute atomic E-state index is 13.5. The number of aliphatic imine (C=N–C) groups is 1. The Morgan fingerprint density at radius 3 is 2.39 bits per heavy atom. The predicted molar refractivity (Wildman–Crippen MR) is 155 cm³/mol. The van der Waals surface area contributed by atoms with Crippen molar-refractivity contribution in [2.75, 3.05) is 13.7 Å². The standard InChI is InChI=1S/C32H43N3O6/c1-18(21-7-10-23(36)11-8-21)30(38)33-19(2)31(39)35-26(15-20-5-12-24(40-4)13-6-20)28-25-14-9-22(25)16-27(34-28)29(37)32(3)17-41-32/h5-6,12-13,19,21-23,25-27,36H,1,7-11,14-17H2,2-4H3,(H,33,38)(H,35,39). The number of amides is 2. The van der Waals surface area contributed by atoms with Crippen molar-refractivity contribution in [3.8, 4) is 5.75 Å². The van der Waals surface area contributed by atoms with Gasteiger partial charge in [-0.25, -0.2) is 0 Å². The van der Waals surface area contributed by atoms with Crippen LogP contribution in [0.3, 0.4) is 0 Å². The van der Waals surface area contributed by atoms with Gasteiger partial charge in [-0.2, -0.15) is 0 Å². The summed E-state index contributed by atoms with van der Waals surface area (Å²) in [4.78, 5) is 44.7. The van der Waals surface area contributed by atoms with Crippen LogP contribution in [-0.2, 0) is 25.5 Å². The van der Waals surface area contributed by atoms with Crippen molar-refractivity contribution in [3.63, 3.8) is 0 Å². The first-order valence-electron chi connectivity index (χ1n) is 14.9. The largest absolute Gasteiger partial charge is 0.497 e. The number of rotatable bonds is 11. The molecule has 0 spiro atoms. The van der Waals surface area contributed by atoms with E-state index in [1.54, 1.807) is 14.0 Å². The minimum absolute atomic E-state index is 0.00963. The Kier molecular flexibility index (Phi) is 8.66. The second-order valence-electron chi connectivity index (χ2n) is 12.5. The maximum atomic E-state index is 13.5. The molecule has 4 aliphatic rings. The highest BCUT2D eigenvalue weighted by molar-refractivity contribution is 6.02. The van der Waals surface area contributed by atoms with Gasteiger partial charge in [-0.3, -0.25) is 19.4 Å². The number of methoxy groups -OCH3 is 1. The third kappa shape index (κ3) is 6.56. The number of hydrogen-bond donors (Lipinski definition) is 3. The Labute approximate surface area is 242 Å². The van der Waals surface area contributed by atoms with Crippen LogP contribution in [-0.4, -0.2) is 72.0 Å². The number of ether oxygens (including phenoxy) is 2. The second-order valence-corrected chi connectivity index (χ2v) is 12.5. The zero-order chi connectivity index (χ0) is 29.3. The Bertz CT molecular complexity index is 1200. The molecule has 0 radical (unpaired) electrons. The fourth-order valence-corrected chi connectivity index (χ4v) is 6.46. The van der Waals surface area contributed by atoms with Crippen LogP contribution in [0.5, 0.6) is 5.75 Å². The van der Waals surface area contributed by atoms with Crippen molar-refractivity contribution < 1.29 is 29.0 Å². The number of aliphatic hydroxyl groups is 1. The van der Waals surface area contributed by atoms with E-state index in [9.17, 15) is 19.5 Å². The molecule has 3 N–H and O–H groups in total. The number of carbonyl (C=O) groups excluding carboxylic acids is 3. The van der Waals surface area contributed by atoms with Gasteiger partial charge in [-0.15, -0.1) is 0 Å². The average Bonchev–Trinajstić information content (AvgIpc) is 3.71. The molecule has 6 atom stereocenters. The number of benzene rings is 1. The quantitative estimate of drug-likeness (QED) is 0.280. The Balaban J connectivity index is 1.32. The van der Waals surface area contributed by atoms with Gasteiger partial charge in [0.15, 0.2) is 5.78 Å². The van der Waals surface area contributed by atoms with Crippen LogP contribution >= 0.6 is 0 Å². The lowest BCUT2D eigenvalue weighted by molar-refractivity contribution is -0.127. The molecule has 3 fully saturated rings. The highest BCUT2D eigenvalue weighted by Gasteiger charge is 2.53. The topological polar surface area (TPSA) is 130 Å². The summed E-state index contributed by atoms with van der Waals surface area (Å²) in [6.07, 6.45) is 5.66. The van der Waals surface area contributed by atoms with Crippen molar-refractivity contribution >= 4 is 23.3 Å². The van der Waals surface area contributed by atoms with Crippen molar-refractivity contribution in [3.05, 3.63) is 42.0 Å². The highest BCUT2D eigenvalue weighted by atomic mass is 16.6. The van der Waals surface area contributed by atoms with Crippen molar-refractivity contribution in [2.45, 2.75) is 95.0 Å². The number of hydrogen-bond acceptors (Lipinski definition) is 7. The van der Waals surface area contributed by atoms with E-state index in [0.717, 1.165) is 36.3 Å². The first kappa shape index (κ1) is 29.5. The summed E-state index contributed by atoms with van der Waals surface area (Å²) in [5.41, 5.74) is 1.58. The van der Waals surface area contributed by atoms with Gasteiger partial charge in [0.1, 0.15) is 23.4 Å². The average molecular weight is 566 g/mol. The molecule has 2 saturated carbocycles. The molecule has 6 unspecified atom stereocenters. The summed E-state index contributed by atoms with van der Waals surface area (Å²) in [5, 5.41) is 15.8. The predicted octanol–water partition coefficient (Wildman–Crippen LogP) is 2.93. The fourth-order valence-electron chi connectivity index (χ4n) is 6.46. The number of carbonyl (C=O) groups is 3. The Hall–Kier alpha value is -3.04. The van der Waals surface area contributed by atoms with Crippen LogP contribution < -0.4 is 15.4 Å². The molecule has 1 aromatic carbocycles. The van der Waals surface area contributed by atoms with Crippen LogP contribution in [0.1, 0.15) is 64.4 Å². The summed E-state index contributed by atoms with van der Waals surface area (Å²) in [5.74, 6) is 0.715. The van der Waals surface area contributed by atoms with Crippen LogP contribution in [0.25, 0.3) is 0 Å². The molecular formula is C32H43N3O6. The number of Topliss-reactive ketones (excluding diaryl/α,β-unsaturated/α-hetero) is 1. The summed E-state index contributed by atoms with van der Waals surface area (Å²) in [6, 6.07) is 6.04. The van der Waals surface area contributed by atoms with Crippen molar-refractivity contribution in [1.82, 2.24) is 10.6 Å². The lowest BCUT2D eigenvalue weighted by atomic mass is 9.64. The Morgan fingerprint density at radius 1 is 1.12 bits per heavy atom. The first-order chi connectivity index (χ1) is 19.6. The molecular weight excluding hydrogens is 522 g/mol.